The fraction of sp³-hybridized carbons (Fsp3) is 0.182. The molecule has 1 aliphatic heterocycles. The highest BCUT2D eigenvalue weighted by Crippen LogP contribution is 2.25. The smallest absolute Gasteiger partial charge is 0.254 e. The van der Waals surface area contributed by atoms with Crippen LogP contribution in [0.3, 0.4) is 0 Å². The molecule has 146 valence electrons. The van der Waals surface area contributed by atoms with Gasteiger partial charge >= 0.3 is 0 Å². The minimum absolute atomic E-state index is 0.0427. The molecule has 1 unspecified atom stereocenters. The van der Waals surface area contributed by atoms with Crippen molar-refractivity contribution in [1.82, 2.24) is 14.9 Å². The first-order chi connectivity index (χ1) is 14.1. The maximum Gasteiger partial charge on any atom is 0.254 e. The molecule has 29 heavy (non-hydrogen) atoms. The molecule has 0 bridgehead atoms. The summed E-state index contributed by atoms with van der Waals surface area (Å²) in [6, 6.07) is 16.1. The summed E-state index contributed by atoms with van der Waals surface area (Å²) in [6.45, 7) is 1.41. The molecule has 3 heterocycles. The van der Waals surface area contributed by atoms with Crippen molar-refractivity contribution >= 4 is 11.8 Å². The Hall–Kier alpha value is -3.58. The number of hydrogen-bond acceptors (Lipinski definition) is 5. The van der Waals surface area contributed by atoms with Gasteiger partial charge in [0, 0.05) is 35.6 Å². The van der Waals surface area contributed by atoms with Crippen molar-refractivity contribution in [2.45, 2.75) is 6.10 Å². The fourth-order valence-electron chi connectivity index (χ4n) is 3.29. The van der Waals surface area contributed by atoms with Crippen molar-refractivity contribution in [1.29, 1.82) is 0 Å². The van der Waals surface area contributed by atoms with Crippen LogP contribution in [0, 0.1) is 0 Å². The van der Waals surface area contributed by atoms with Crippen molar-refractivity contribution in [3.8, 4) is 11.3 Å². The number of amides is 2. The number of aromatic nitrogens is 2. The van der Waals surface area contributed by atoms with Gasteiger partial charge in [-0.25, -0.2) is 4.98 Å². The third-order valence-corrected chi connectivity index (χ3v) is 4.85. The summed E-state index contributed by atoms with van der Waals surface area (Å²) in [5.74, 6) is -0.508. The molecular weight excluding hydrogens is 368 g/mol. The van der Waals surface area contributed by atoms with E-state index in [1.54, 1.807) is 41.6 Å². The van der Waals surface area contributed by atoms with Gasteiger partial charge in [0.1, 0.15) is 6.10 Å². The van der Waals surface area contributed by atoms with Crippen molar-refractivity contribution in [3.05, 3.63) is 83.8 Å². The van der Waals surface area contributed by atoms with Gasteiger partial charge in [-0.05, 0) is 36.4 Å². The zero-order chi connectivity index (χ0) is 20.2. The molecule has 4 rings (SSSR count). The monoisotopic (exact) mass is 388 g/mol. The third-order valence-electron chi connectivity index (χ3n) is 4.85. The van der Waals surface area contributed by atoms with E-state index in [0.29, 0.717) is 30.8 Å². The molecule has 3 aromatic rings. The van der Waals surface area contributed by atoms with Gasteiger partial charge in [0.05, 0.1) is 24.5 Å². The Balaban J connectivity index is 1.53. The summed E-state index contributed by atoms with van der Waals surface area (Å²) in [4.78, 5) is 34.4. The summed E-state index contributed by atoms with van der Waals surface area (Å²) in [5.41, 5.74) is 8.75. The standard InChI is InChI=1S/C22H20N4O3/c23-21(27)16-6-4-15(5-7-16)18-2-1-3-19(25-18)20-14-26(12-13-29-20)22(28)17-8-10-24-11-9-17/h1-11,20H,12-14H2,(H2,23,27). The number of hydrogen-bond donors (Lipinski definition) is 1. The van der Waals surface area contributed by atoms with Crippen LogP contribution < -0.4 is 5.73 Å². The van der Waals surface area contributed by atoms with Gasteiger partial charge in [-0.2, -0.15) is 0 Å². The summed E-state index contributed by atoms with van der Waals surface area (Å²) in [5, 5.41) is 0. The van der Waals surface area contributed by atoms with Crippen molar-refractivity contribution in [3.63, 3.8) is 0 Å². The number of carbonyl (C=O) groups is 2. The molecule has 1 saturated heterocycles. The predicted octanol–water partition coefficient (Wildman–Crippen LogP) is 2.46. The van der Waals surface area contributed by atoms with Crippen LogP contribution in [0.2, 0.25) is 0 Å². The summed E-state index contributed by atoms with van der Waals surface area (Å²) in [6.07, 6.45) is 2.92. The van der Waals surface area contributed by atoms with E-state index >= 15 is 0 Å². The average Bonchev–Trinajstić information content (AvgIpc) is 2.79. The molecule has 1 aliphatic rings. The Bertz CT molecular complexity index is 1020. The number of nitrogens with zero attached hydrogens (tertiary/aromatic N) is 3. The number of primary amides is 1. The molecule has 0 spiro atoms. The van der Waals surface area contributed by atoms with Crippen LogP contribution in [0.4, 0.5) is 0 Å². The topological polar surface area (TPSA) is 98.4 Å². The highest BCUT2D eigenvalue weighted by atomic mass is 16.5. The van der Waals surface area contributed by atoms with E-state index in [0.717, 1.165) is 17.0 Å². The lowest BCUT2D eigenvalue weighted by molar-refractivity contribution is -0.0246. The van der Waals surface area contributed by atoms with Crippen LogP contribution in [-0.2, 0) is 4.74 Å². The third kappa shape index (κ3) is 4.14. The van der Waals surface area contributed by atoms with E-state index in [1.165, 1.54) is 0 Å². The number of rotatable bonds is 4. The SMILES string of the molecule is NC(=O)c1ccc(-c2cccc(C3CN(C(=O)c4ccncc4)CCO3)n2)cc1. The Morgan fingerprint density at radius 2 is 1.76 bits per heavy atom. The Morgan fingerprint density at radius 1 is 1.00 bits per heavy atom. The van der Waals surface area contributed by atoms with Gasteiger partial charge in [-0.15, -0.1) is 0 Å². The fourth-order valence-corrected chi connectivity index (χ4v) is 3.29. The van der Waals surface area contributed by atoms with Crippen molar-refractivity contribution in [2.75, 3.05) is 19.7 Å². The van der Waals surface area contributed by atoms with Crippen molar-refractivity contribution < 1.29 is 14.3 Å². The highest BCUT2D eigenvalue weighted by Gasteiger charge is 2.27. The first kappa shape index (κ1) is 18.8. The van der Waals surface area contributed by atoms with E-state index < -0.39 is 5.91 Å². The van der Waals surface area contributed by atoms with E-state index in [1.807, 2.05) is 30.3 Å². The molecule has 0 aliphatic carbocycles. The zero-order valence-electron chi connectivity index (χ0n) is 15.7. The lowest BCUT2D eigenvalue weighted by Gasteiger charge is -2.32. The Labute approximate surface area is 168 Å². The van der Waals surface area contributed by atoms with Gasteiger partial charge in [-0.1, -0.05) is 18.2 Å². The molecule has 2 amide bonds. The summed E-state index contributed by atoms with van der Waals surface area (Å²) in [7, 11) is 0. The molecule has 2 aromatic heterocycles. The molecule has 2 N–H and O–H groups in total. The second-order valence-electron chi connectivity index (χ2n) is 6.74. The maximum absolute atomic E-state index is 12.7. The summed E-state index contributed by atoms with van der Waals surface area (Å²) < 4.78 is 5.89. The maximum atomic E-state index is 12.7. The second kappa shape index (κ2) is 8.20. The lowest BCUT2D eigenvalue weighted by atomic mass is 10.1. The van der Waals surface area contributed by atoms with Crippen LogP contribution in [0.1, 0.15) is 32.5 Å². The van der Waals surface area contributed by atoms with Gasteiger partial charge in [0.15, 0.2) is 0 Å². The number of ether oxygens (including phenoxy) is 1. The first-order valence-electron chi connectivity index (χ1n) is 9.30. The van der Waals surface area contributed by atoms with Crippen LogP contribution in [0.15, 0.2) is 67.0 Å². The molecule has 1 atom stereocenters. The molecule has 1 aromatic carbocycles. The number of benzene rings is 1. The molecule has 0 saturated carbocycles. The highest BCUT2D eigenvalue weighted by molar-refractivity contribution is 5.94. The minimum atomic E-state index is -0.465. The number of morpholine rings is 1. The molecule has 1 fully saturated rings. The molecule has 0 radical (unpaired) electrons. The van der Waals surface area contributed by atoms with E-state index in [4.69, 9.17) is 15.5 Å². The van der Waals surface area contributed by atoms with Crippen LogP contribution in [0.25, 0.3) is 11.3 Å². The molecule has 7 nitrogen and oxygen atoms in total. The van der Waals surface area contributed by atoms with Crippen LogP contribution in [-0.4, -0.2) is 46.4 Å². The van der Waals surface area contributed by atoms with E-state index in [9.17, 15) is 9.59 Å². The second-order valence-corrected chi connectivity index (χ2v) is 6.74. The van der Waals surface area contributed by atoms with E-state index in [2.05, 4.69) is 4.98 Å². The number of pyridine rings is 2. The lowest BCUT2D eigenvalue weighted by Crippen LogP contribution is -2.42. The molecule has 7 heteroatoms. The normalized spacial score (nSPS) is 16.4. The zero-order valence-corrected chi connectivity index (χ0v) is 15.7. The summed E-state index contributed by atoms with van der Waals surface area (Å²) >= 11 is 0. The number of nitrogens with two attached hydrogens (primary N) is 1. The minimum Gasteiger partial charge on any atom is -0.368 e. The van der Waals surface area contributed by atoms with Crippen molar-refractivity contribution in [2.24, 2.45) is 5.73 Å². The largest absolute Gasteiger partial charge is 0.368 e. The van der Waals surface area contributed by atoms with E-state index in [-0.39, 0.29) is 12.0 Å². The Morgan fingerprint density at radius 3 is 2.48 bits per heavy atom. The first-order valence-corrected chi connectivity index (χ1v) is 9.30. The number of carbonyl (C=O) groups excluding carboxylic acids is 2. The Kier molecular flexibility index (Phi) is 5.31. The van der Waals surface area contributed by atoms with Crippen LogP contribution in [0.5, 0.6) is 0 Å². The molecular formula is C22H20N4O3. The van der Waals surface area contributed by atoms with Crippen LogP contribution >= 0.6 is 0 Å². The predicted molar refractivity (Wildman–Crippen MR) is 107 cm³/mol. The van der Waals surface area contributed by atoms with Gasteiger partial charge in [-0.3, -0.25) is 14.6 Å². The average molecular weight is 388 g/mol. The van der Waals surface area contributed by atoms with Gasteiger partial charge in [0.2, 0.25) is 5.91 Å². The van der Waals surface area contributed by atoms with Gasteiger partial charge < -0.3 is 15.4 Å². The van der Waals surface area contributed by atoms with Gasteiger partial charge in [0.25, 0.3) is 5.91 Å². The quantitative estimate of drug-likeness (QED) is 0.740.